The first-order chi connectivity index (χ1) is 6.49. The van der Waals surface area contributed by atoms with E-state index in [4.69, 9.17) is 8.85 Å². The van der Waals surface area contributed by atoms with Crippen molar-refractivity contribution in [3.05, 3.63) is 0 Å². The van der Waals surface area contributed by atoms with Crippen LogP contribution in [-0.2, 0) is 8.85 Å². The Labute approximate surface area is 90.2 Å². The zero-order valence-corrected chi connectivity index (χ0v) is 11.6. The zero-order chi connectivity index (χ0) is 11.2. The van der Waals surface area contributed by atoms with Gasteiger partial charge in [-0.15, -0.1) is 0 Å². The Kier molecular flexibility index (Phi) is 5.94. The van der Waals surface area contributed by atoms with Gasteiger partial charge in [-0.25, -0.2) is 0 Å². The quantitative estimate of drug-likeness (QED) is 0.606. The number of hydrogen-bond donors (Lipinski definition) is 0. The minimum Gasteiger partial charge on any atom is -0.397 e. The van der Waals surface area contributed by atoms with Crippen LogP contribution in [0.15, 0.2) is 0 Å². The van der Waals surface area contributed by atoms with Crippen LogP contribution in [0.1, 0.15) is 47.0 Å². The van der Waals surface area contributed by atoms with E-state index < -0.39 is 8.56 Å². The van der Waals surface area contributed by atoms with Crippen LogP contribution >= 0.6 is 0 Å². The van der Waals surface area contributed by atoms with Crippen LogP contribution in [0.3, 0.4) is 0 Å². The molecule has 0 saturated carbocycles. The molecule has 0 N–H and O–H groups in total. The molecule has 3 heteroatoms. The van der Waals surface area contributed by atoms with Gasteiger partial charge in [-0.3, -0.25) is 0 Å². The standard InChI is InChI=1S/C11H26O2Si/c1-7-9-11(3,4)14(12-5,13-6)10-8-2/h7-10H2,1-6H3. The third-order valence-corrected chi connectivity index (χ3v) is 7.93. The van der Waals surface area contributed by atoms with E-state index in [1.165, 1.54) is 12.8 Å². The molecule has 0 saturated heterocycles. The Morgan fingerprint density at radius 2 is 1.50 bits per heavy atom. The van der Waals surface area contributed by atoms with E-state index >= 15 is 0 Å². The maximum atomic E-state index is 5.76. The largest absolute Gasteiger partial charge is 0.397 e. The maximum absolute atomic E-state index is 5.76. The predicted molar refractivity (Wildman–Crippen MR) is 63.8 cm³/mol. The molecule has 0 amide bonds. The Hall–Kier alpha value is 0.137. The van der Waals surface area contributed by atoms with Crippen LogP contribution in [0.4, 0.5) is 0 Å². The summed E-state index contributed by atoms with van der Waals surface area (Å²) in [5.41, 5.74) is 0. The lowest BCUT2D eigenvalue weighted by molar-refractivity contribution is 0.204. The highest BCUT2D eigenvalue weighted by atomic mass is 28.4. The van der Waals surface area contributed by atoms with Crippen LogP contribution in [0, 0.1) is 0 Å². The van der Waals surface area contributed by atoms with Crippen molar-refractivity contribution in [2.45, 2.75) is 58.0 Å². The molecule has 0 bridgehead atoms. The average Bonchev–Trinajstić information content (AvgIpc) is 2.13. The van der Waals surface area contributed by atoms with Crippen molar-refractivity contribution < 1.29 is 8.85 Å². The predicted octanol–water partition coefficient (Wildman–Crippen LogP) is 3.71. The highest BCUT2D eigenvalue weighted by Gasteiger charge is 2.49. The van der Waals surface area contributed by atoms with Crippen molar-refractivity contribution in [2.75, 3.05) is 14.2 Å². The minimum absolute atomic E-state index is 0.210. The Morgan fingerprint density at radius 1 is 1.00 bits per heavy atom. The molecule has 86 valence electrons. The van der Waals surface area contributed by atoms with E-state index in [1.54, 1.807) is 0 Å². The molecule has 2 nitrogen and oxygen atoms in total. The maximum Gasteiger partial charge on any atom is 0.343 e. The molecule has 0 aliphatic heterocycles. The van der Waals surface area contributed by atoms with Gasteiger partial charge in [0.15, 0.2) is 0 Å². The van der Waals surface area contributed by atoms with Crippen LogP contribution in [0.25, 0.3) is 0 Å². The van der Waals surface area contributed by atoms with Crippen molar-refractivity contribution in [1.29, 1.82) is 0 Å². The highest BCUT2D eigenvalue weighted by Crippen LogP contribution is 2.44. The van der Waals surface area contributed by atoms with Crippen molar-refractivity contribution >= 4 is 8.56 Å². The molecule has 0 spiro atoms. The molecule has 0 atom stereocenters. The summed E-state index contributed by atoms with van der Waals surface area (Å²) in [4.78, 5) is 0. The summed E-state index contributed by atoms with van der Waals surface area (Å²) in [6.07, 6.45) is 3.51. The van der Waals surface area contributed by atoms with E-state index in [0.717, 1.165) is 12.5 Å². The molecule has 14 heavy (non-hydrogen) atoms. The van der Waals surface area contributed by atoms with Crippen LogP contribution < -0.4 is 0 Å². The van der Waals surface area contributed by atoms with Crippen molar-refractivity contribution in [2.24, 2.45) is 0 Å². The average molecular weight is 218 g/mol. The lowest BCUT2D eigenvalue weighted by atomic mass is 10.1. The lowest BCUT2D eigenvalue weighted by Gasteiger charge is -2.41. The lowest BCUT2D eigenvalue weighted by Crippen LogP contribution is -2.49. The van der Waals surface area contributed by atoms with Gasteiger partial charge >= 0.3 is 8.56 Å². The molecule has 0 aliphatic carbocycles. The van der Waals surface area contributed by atoms with Gasteiger partial charge in [0.05, 0.1) is 0 Å². The van der Waals surface area contributed by atoms with Gasteiger partial charge in [0.2, 0.25) is 0 Å². The third-order valence-electron chi connectivity index (χ3n) is 3.14. The fourth-order valence-electron chi connectivity index (χ4n) is 2.32. The SMILES string of the molecule is CCCC(C)(C)[Si](CCC)(OC)OC. The molecule has 0 aromatic rings. The fourth-order valence-corrected chi connectivity index (χ4v) is 5.97. The van der Waals surface area contributed by atoms with Crippen LogP contribution in [-0.4, -0.2) is 22.8 Å². The minimum atomic E-state index is -1.99. The van der Waals surface area contributed by atoms with Gasteiger partial charge in [0, 0.05) is 19.3 Å². The van der Waals surface area contributed by atoms with Gasteiger partial charge in [-0.1, -0.05) is 40.5 Å². The normalized spacial score (nSPS) is 13.3. The summed E-state index contributed by atoms with van der Waals surface area (Å²) in [5, 5.41) is 0.210. The first-order valence-corrected chi connectivity index (χ1v) is 7.62. The topological polar surface area (TPSA) is 18.5 Å². The molecule has 0 aromatic heterocycles. The Morgan fingerprint density at radius 3 is 1.79 bits per heavy atom. The second kappa shape index (κ2) is 5.88. The monoisotopic (exact) mass is 218 g/mol. The summed E-state index contributed by atoms with van der Waals surface area (Å²) in [7, 11) is 1.62. The van der Waals surface area contributed by atoms with Gasteiger partial charge in [-0.2, -0.15) is 0 Å². The first-order valence-electron chi connectivity index (χ1n) is 5.60. The van der Waals surface area contributed by atoms with Crippen LogP contribution in [0.5, 0.6) is 0 Å². The van der Waals surface area contributed by atoms with E-state index in [9.17, 15) is 0 Å². The van der Waals surface area contributed by atoms with E-state index in [1.807, 2.05) is 14.2 Å². The molecule has 0 rings (SSSR count). The summed E-state index contributed by atoms with van der Waals surface area (Å²) >= 11 is 0. The summed E-state index contributed by atoms with van der Waals surface area (Å²) in [6.45, 7) is 8.98. The summed E-state index contributed by atoms with van der Waals surface area (Å²) < 4.78 is 11.5. The molecular formula is C11H26O2Si. The molecule has 0 unspecified atom stereocenters. The molecule has 0 heterocycles. The van der Waals surface area contributed by atoms with Crippen LogP contribution in [0.2, 0.25) is 11.1 Å². The smallest absolute Gasteiger partial charge is 0.343 e. The van der Waals surface area contributed by atoms with E-state index in [2.05, 4.69) is 27.7 Å². The van der Waals surface area contributed by atoms with E-state index in [0.29, 0.717) is 0 Å². The van der Waals surface area contributed by atoms with Gasteiger partial charge < -0.3 is 8.85 Å². The summed E-state index contributed by atoms with van der Waals surface area (Å²) in [5.74, 6) is 0. The molecular weight excluding hydrogens is 192 g/mol. The zero-order valence-electron chi connectivity index (χ0n) is 10.6. The Balaban J connectivity index is 4.75. The first kappa shape index (κ1) is 14.1. The third kappa shape index (κ3) is 2.81. The Bertz CT molecular complexity index is 153. The molecule has 0 aliphatic rings. The van der Waals surface area contributed by atoms with Crippen molar-refractivity contribution in [3.8, 4) is 0 Å². The second-order valence-corrected chi connectivity index (χ2v) is 8.72. The molecule has 0 aromatic carbocycles. The van der Waals surface area contributed by atoms with Gasteiger partial charge in [0.25, 0.3) is 0 Å². The van der Waals surface area contributed by atoms with Gasteiger partial charge in [-0.05, 0) is 12.5 Å². The second-order valence-electron chi connectivity index (χ2n) is 4.55. The van der Waals surface area contributed by atoms with Gasteiger partial charge in [0.1, 0.15) is 0 Å². The number of hydrogen-bond acceptors (Lipinski definition) is 2. The van der Waals surface area contributed by atoms with Crippen molar-refractivity contribution in [1.82, 2.24) is 0 Å². The van der Waals surface area contributed by atoms with Crippen molar-refractivity contribution in [3.63, 3.8) is 0 Å². The highest BCUT2D eigenvalue weighted by molar-refractivity contribution is 6.70. The fraction of sp³-hybridized carbons (Fsp3) is 1.00. The molecule has 0 fully saturated rings. The number of rotatable bonds is 7. The van der Waals surface area contributed by atoms with E-state index in [-0.39, 0.29) is 5.04 Å². The summed E-state index contributed by atoms with van der Waals surface area (Å²) in [6, 6.07) is 1.09. The molecule has 0 radical (unpaired) electrons.